The molecule has 8 nitrogen and oxygen atoms in total. The molecule has 1 aliphatic carbocycles. The Balaban J connectivity index is 1.52. The van der Waals surface area contributed by atoms with E-state index in [2.05, 4.69) is 26.4 Å². The number of carbonyl (C=O) groups is 1. The van der Waals surface area contributed by atoms with E-state index in [-0.39, 0.29) is 6.03 Å². The van der Waals surface area contributed by atoms with Gasteiger partial charge >= 0.3 is 6.03 Å². The van der Waals surface area contributed by atoms with Crippen molar-refractivity contribution in [2.45, 2.75) is 45.6 Å². The number of benzene rings is 1. The molecule has 2 aliphatic rings. The van der Waals surface area contributed by atoms with E-state index in [1.54, 1.807) is 34.5 Å². The summed E-state index contributed by atoms with van der Waals surface area (Å²) in [7, 11) is 1.78. The summed E-state index contributed by atoms with van der Waals surface area (Å²) in [5.41, 5.74) is 2.61. The predicted molar refractivity (Wildman–Crippen MR) is 121 cm³/mol. The van der Waals surface area contributed by atoms with Crippen LogP contribution in [0.1, 0.15) is 37.6 Å². The fraction of sp³-hybridized carbons (Fsp3) is 0.429. The summed E-state index contributed by atoms with van der Waals surface area (Å²) < 4.78 is 1.16. The summed E-state index contributed by atoms with van der Waals surface area (Å²) in [6.45, 7) is 4.62. The van der Waals surface area contributed by atoms with E-state index in [9.17, 15) is 4.79 Å². The number of fused-ring (bicyclic) bond motifs is 2. The fourth-order valence-electron chi connectivity index (χ4n) is 4.37. The minimum atomic E-state index is -0.0365. The van der Waals surface area contributed by atoms with Crippen molar-refractivity contribution in [3.8, 4) is 0 Å². The third-order valence-corrected chi connectivity index (χ3v) is 6.77. The zero-order valence-electron chi connectivity index (χ0n) is 17.4. The molecule has 1 saturated carbocycles. The Morgan fingerprint density at radius 1 is 1.23 bits per heavy atom. The molecule has 0 saturated heterocycles. The van der Waals surface area contributed by atoms with E-state index in [1.807, 2.05) is 26.0 Å². The number of aromatic nitrogens is 3. The lowest BCUT2D eigenvalue weighted by Crippen LogP contribution is -2.59. The fourth-order valence-corrected chi connectivity index (χ4v) is 5.18. The first-order valence-corrected chi connectivity index (χ1v) is 11.2. The number of nitrogens with zero attached hydrogens (tertiary/aromatic N) is 6. The van der Waals surface area contributed by atoms with Crippen molar-refractivity contribution in [2.75, 3.05) is 28.8 Å². The normalized spacial score (nSPS) is 17.2. The second-order valence-corrected chi connectivity index (χ2v) is 9.02. The van der Waals surface area contributed by atoms with E-state index < -0.39 is 0 Å². The lowest BCUT2D eigenvalue weighted by molar-refractivity contribution is 0.191. The van der Waals surface area contributed by atoms with Gasteiger partial charge in [0.2, 0.25) is 5.95 Å². The maximum absolute atomic E-state index is 12.9. The number of carbonyl (C=O) groups excluding carboxylic acids is 1. The number of thiazole rings is 1. The summed E-state index contributed by atoms with van der Waals surface area (Å²) in [6.07, 6.45) is 6.24. The molecule has 0 bridgehead atoms. The lowest BCUT2D eigenvalue weighted by atomic mass is 10.2. The number of anilines is 4. The maximum Gasteiger partial charge on any atom is 0.343 e. The van der Waals surface area contributed by atoms with Crippen LogP contribution < -0.4 is 15.2 Å². The summed E-state index contributed by atoms with van der Waals surface area (Å²) in [5, 5.41) is 8.27. The molecule has 1 aliphatic heterocycles. The second kappa shape index (κ2) is 7.39. The molecule has 30 heavy (non-hydrogen) atoms. The molecule has 9 heteroatoms. The van der Waals surface area contributed by atoms with E-state index in [4.69, 9.17) is 4.98 Å². The molecule has 3 heterocycles. The maximum atomic E-state index is 12.9. The monoisotopic (exact) mass is 423 g/mol. The Bertz CT molecular complexity index is 1110. The molecule has 1 N–H and O–H groups in total. The Labute approximate surface area is 179 Å². The number of hydrogen-bond donors (Lipinski definition) is 1. The average molecular weight is 424 g/mol. The van der Waals surface area contributed by atoms with Crippen molar-refractivity contribution < 1.29 is 4.79 Å². The van der Waals surface area contributed by atoms with Crippen molar-refractivity contribution in [1.82, 2.24) is 20.0 Å². The minimum Gasteiger partial charge on any atom is -0.324 e. The van der Waals surface area contributed by atoms with Crippen molar-refractivity contribution in [1.29, 1.82) is 0 Å². The van der Waals surface area contributed by atoms with Crippen molar-refractivity contribution in [2.24, 2.45) is 0 Å². The largest absolute Gasteiger partial charge is 0.343 e. The Morgan fingerprint density at radius 3 is 2.80 bits per heavy atom. The number of hydrazine groups is 1. The number of urea groups is 1. The van der Waals surface area contributed by atoms with Gasteiger partial charge in [-0.2, -0.15) is 4.98 Å². The van der Waals surface area contributed by atoms with Crippen LogP contribution in [0.4, 0.5) is 27.9 Å². The Hall–Kier alpha value is -2.94. The lowest BCUT2D eigenvalue weighted by Gasteiger charge is -2.45. The van der Waals surface area contributed by atoms with Crippen LogP contribution in [0.3, 0.4) is 0 Å². The summed E-state index contributed by atoms with van der Waals surface area (Å²) in [5.74, 6) is 1.30. The van der Waals surface area contributed by atoms with Gasteiger partial charge in [-0.1, -0.05) is 12.8 Å². The van der Waals surface area contributed by atoms with Gasteiger partial charge in [-0.25, -0.2) is 19.8 Å². The van der Waals surface area contributed by atoms with Gasteiger partial charge in [0.25, 0.3) is 0 Å². The van der Waals surface area contributed by atoms with Gasteiger partial charge < -0.3 is 5.32 Å². The molecule has 1 aromatic carbocycles. The molecule has 1 fully saturated rings. The zero-order chi connectivity index (χ0) is 20.8. The van der Waals surface area contributed by atoms with Gasteiger partial charge in [-0.15, -0.1) is 11.3 Å². The molecule has 3 aromatic rings. The highest BCUT2D eigenvalue weighted by Crippen LogP contribution is 2.39. The second-order valence-electron chi connectivity index (χ2n) is 7.78. The summed E-state index contributed by atoms with van der Waals surface area (Å²) in [6, 6.07) is 6.36. The summed E-state index contributed by atoms with van der Waals surface area (Å²) >= 11 is 1.68. The quantitative estimate of drug-likeness (QED) is 0.656. The first-order chi connectivity index (χ1) is 14.5. The van der Waals surface area contributed by atoms with E-state index >= 15 is 0 Å². The number of amides is 2. The Kier molecular flexibility index (Phi) is 4.69. The molecular weight excluding hydrogens is 398 g/mol. The highest BCUT2D eigenvalue weighted by molar-refractivity contribution is 7.18. The van der Waals surface area contributed by atoms with Gasteiger partial charge in [-0.3, -0.25) is 9.91 Å². The van der Waals surface area contributed by atoms with Crippen LogP contribution in [-0.4, -0.2) is 45.6 Å². The van der Waals surface area contributed by atoms with Crippen molar-refractivity contribution in [3.05, 3.63) is 29.4 Å². The number of nitrogens with one attached hydrogen (secondary N) is 1. The third-order valence-electron chi connectivity index (χ3n) is 5.82. The molecule has 156 valence electrons. The van der Waals surface area contributed by atoms with Gasteiger partial charge in [-0.05, 0) is 44.9 Å². The van der Waals surface area contributed by atoms with Crippen LogP contribution in [-0.2, 0) is 0 Å². The third kappa shape index (κ3) is 3.13. The van der Waals surface area contributed by atoms with E-state index in [0.29, 0.717) is 18.5 Å². The van der Waals surface area contributed by atoms with Crippen LogP contribution in [0.2, 0.25) is 0 Å². The van der Waals surface area contributed by atoms with Crippen LogP contribution in [0, 0.1) is 6.92 Å². The molecule has 0 atom stereocenters. The molecule has 0 spiro atoms. The van der Waals surface area contributed by atoms with Crippen molar-refractivity contribution in [3.63, 3.8) is 0 Å². The number of aryl methyl sites for hydroxylation is 1. The molecule has 5 rings (SSSR count). The van der Waals surface area contributed by atoms with Gasteiger partial charge in [0.15, 0.2) is 5.82 Å². The van der Waals surface area contributed by atoms with Crippen LogP contribution in [0.25, 0.3) is 10.2 Å². The first kappa shape index (κ1) is 19.0. The zero-order valence-corrected chi connectivity index (χ0v) is 18.2. The molecular formula is C21H25N7OS. The van der Waals surface area contributed by atoms with Crippen LogP contribution >= 0.6 is 11.3 Å². The minimum absolute atomic E-state index is 0.0365. The first-order valence-electron chi connectivity index (χ1n) is 10.4. The van der Waals surface area contributed by atoms with Crippen LogP contribution in [0.15, 0.2) is 24.4 Å². The van der Waals surface area contributed by atoms with E-state index in [0.717, 1.165) is 45.3 Å². The SMILES string of the molecule is CCN1C(=O)N(C)c2cnc(Nc3ccc4sc(C)nc4c3)nc2N1C1CCCC1. The highest BCUT2D eigenvalue weighted by atomic mass is 32.1. The predicted octanol–water partition coefficient (Wildman–Crippen LogP) is 4.69. The molecule has 0 radical (unpaired) electrons. The molecule has 0 unspecified atom stereocenters. The standard InChI is InChI=1S/C21H25N7OS/c1-4-27-21(29)26(3)17-12-22-20(25-19(17)28(27)15-7-5-6-8-15)24-14-9-10-18-16(11-14)23-13(2)30-18/h9-12,15H,4-8H2,1-3H3,(H,22,24,25). The number of hydrogen-bond acceptors (Lipinski definition) is 7. The number of rotatable bonds is 4. The average Bonchev–Trinajstić information content (AvgIpc) is 3.39. The molecule has 2 aromatic heterocycles. The van der Waals surface area contributed by atoms with Gasteiger partial charge in [0.05, 0.1) is 27.5 Å². The Morgan fingerprint density at radius 2 is 2.03 bits per heavy atom. The smallest absolute Gasteiger partial charge is 0.324 e. The van der Waals surface area contributed by atoms with Gasteiger partial charge in [0, 0.05) is 19.3 Å². The highest BCUT2D eigenvalue weighted by Gasteiger charge is 2.39. The topological polar surface area (TPSA) is 77.5 Å². The molecule has 2 amide bonds. The van der Waals surface area contributed by atoms with Crippen LogP contribution in [0.5, 0.6) is 0 Å². The van der Waals surface area contributed by atoms with E-state index in [1.165, 1.54) is 12.8 Å². The summed E-state index contributed by atoms with van der Waals surface area (Å²) in [4.78, 5) is 28.5. The van der Waals surface area contributed by atoms with Crippen molar-refractivity contribution >= 4 is 50.7 Å². The van der Waals surface area contributed by atoms with Gasteiger partial charge in [0.1, 0.15) is 5.69 Å².